The van der Waals surface area contributed by atoms with Crippen molar-refractivity contribution in [3.05, 3.63) is 59.7 Å². The van der Waals surface area contributed by atoms with E-state index >= 15 is 0 Å². The Morgan fingerprint density at radius 1 is 0.950 bits per heavy atom. The van der Waals surface area contributed by atoms with Crippen LogP contribution in [0, 0.1) is 6.92 Å². The lowest BCUT2D eigenvalue weighted by atomic mass is 10.2. The molecule has 1 atom stereocenters. The van der Waals surface area contributed by atoms with E-state index in [0.717, 1.165) is 5.56 Å². The molecule has 1 unspecified atom stereocenters. The smallest absolute Gasteiger partial charge is 0.324 e. The van der Waals surface area contributed by atoms with E-state index in [0.29, 0.717) is 17.1 Å². The van der Waals surface area contributed by atoms with Crippen molar-refractivity contribution in [3.63, 3.8) is 0 Å². The number of aryl methyl sites for hydroxylation is 1. The highest BCUT2D eigenvalue weighted by Gasteiger charge is 2.05. The SMILES string of the molecule is Cc1ccc(Oc2ccc(CS(F)=C(F)F)cc2)cc1. The zero-order valence-electron chi connectivity index (χ0n) is 10.8. The standard InChI is InChI=1S/C15H13F3OS/c1-11-2-6-13(7-3-11)19-14-8-4-12(5-9-14)10-20(18)15(16)17/h2-9H,10H2,1H3. The van der Waals surface area contributed by atoms with Gasteiger partial charge in [0.05, 0.1) is 10.9 Å². The Bertz CT molecular complexity index is 602. The number of hydrogen-bond donors (Lipinski definition) is 0. The molecule has 0 bridgehead atoms. The van der Waals surface area contributed by atoms with Crippen molar-refractivity contribution in [2.45, 2.75) is 12.7 Å². The van der Waals surface area contributed by atoms with E-state index in [1.807, 2.05) is 31.2 Å². The van der Waals surface area contributed by atoms with Crippen molar-refractivity contribution in [1.82, 2.24) is 0 Å². The molecule has 1 nitrogen and oxygen atoms in total. The minimum absolute atomic E-state index is 0.298. The first-order chi connectivity index (χ1) is 9.54. The Kier molecular flexibility index (Phi) is 4.84. The average Bonchev–Trinajstić information content (AvgIpc) is 2.43. The van der Waals surface area contributed by atoms with Crippen LogP contribution in [0.4, 0.5) is 12.7 Å². The molecule has 0 amide bonds. The molecule has 5 heteroatoms. The number of halogens is 3. The normalized spacial score (nSPS) is 12.0. The van der Waals surface area contributed by atoms with Gasteiger partial charge in [0.1, 0.15) is 11.5 Å². The summed E-state index contributed by atoms with van der Waals surface area (Å²) in [4.78, 5) is 0. The van der Waals surface area contributed by atoms with Crippen LogP contribution in [-0.2, 0) is 5.75 Å². The molecule has 2 aromatic carbocycles. The topological polar surface area (TPSA) is 9.23 Å². The average molecular weight is 298 g/mol. The van der Waals surface area contributed by atoms with Crippen molar-refractivity contribution in [2.24, 2.45) is 0 Å². The van der Waals surface area contributed by atoms with Crippen molar-refractivity contribution in [1.29, 1.82) is 0 Å². The van der Waals surface area contributed by atoms with Gasteiger partial charge in [0.2, 0.25) is 0 Å². The van der Waals surface area contributed by atoms with E-state index in [-0.39, 0.29) is 5.75 Å². The molecular weight excluding hydrogens is 285 g/mol. The molecule has 0 heterocycles. The quantitative estimate of drug-likeness (QED) is 0.537. The molecule has 0 radical (unpaired) electrons. The second-order valence-corrected chi connectivity index (χ2v) is 5.52. The molecule has 2 aromatic rings. The second kappa shape index (κ2) is 6.61. The minimum Gasteiger partial charge on any atom is -0.457 e. The van der Waals surface area contributed by atoms with Gasteiger partial charge in [-0.1, -0.05) is 29.8 Å². The lowest BCUT2D eigenvalue weighted by Gasteiger charge is -2.07. The Labute approximate surface area is 118 Å². The highest BCUT2D eigenvalue weighted by atomic mass is 32.2. The third-order valence-corrected chi connectivity index (χ3v) is 3.56. The molecule has 0 saturated heterocycles. The molecule has 0 saturated carbocycles. The fraction of sp³-hybridized carbons (Fsp3) is 0.133. The van der Waals surface area contributed by atoms with Crippen LogP contribution in [0.25, 0.3) is 0 Å². The Morgan fingerprint density at radius 3 is 1.95 bits per heavy atom. The summed E-state index contributed by atoms with van der Waals surface area (Å²) < 4.78 is 42.6. The summed E-state index contributed by atoms with van der Waals surface area (Å²) in [6, 6.07) is 14.0. The van der Waals surface area contributed by atoms with Crippen LogP contribution in [0.3, 0.4) is 0 Å². The predicted molar refractivity (Wildman–Crippen MR) is 77.3 cm³/mol. The van der Waals surface area contributed by atoms with E-state index in [1.54, 1.807) is 24.3 Å². The van der Waals surface area contributed by atoms with Crippen molar-refractivity contribution in [2.75, 3.05) is 0 Å². The predicted octanol–water partition coefficient (Wildman–Crippen LogP) is 5.47. The molecular formula is C15H13F3OS. The summed E-state index contributed by atoms with van der Waals surface area (Å²) in [6.45, 7) is 1.98. The van der Waals surface area contributed by atoms with E-state index < -0.39 is 16.2 Å². The summed E-state index contributed by atoms with van der Waals surface area (Å²) in [6.07, 6.45) is 0. The van der Waals surface area contributed by atoms with Crippen molar-refractivity contribution >= 4 is 16.2 Å². The molecule has 0 aliphatic carbocycles. The Morgan fingerprint density at radius 2 is 1.45 bits per heavy atom. The maximum absolute atomic E-state index is 12.9. The highest BCUT2D eigenvalue weighted by Crippen LogP contribution is 2.27. The first-order valence-corrected chi connectivity index (χ1v) is 7.22. The van der Waals surface area contributed by atoms with Gasteiger partial charge in [0, 0.05) is 5.75 Å². The summed E-state index contributed by atoms with van der Waals surface area (Å²) in [5, 5.41) is -2.16. The first kappa shape index (κ1) is 14.7. The summed E-state index contributed by atoms with van der Waals surface area (Å²) in [5.41, 5.74) is 1.65. The fourth-order valence-electron chi connectivity index (χ4n) is 1.60. The number of rotatable bonds is 4. The molecule has 0 aliphatic rings. The zero-order chi connectivity index (χ0) is 14.5. The van der Waals surface area contributed by atoms with E-state index in [9.17, 15) is 12.7 Å². The molecule has 0 N–H and O–H groups in total. The Hall–Kier alpha value is -1.75. The lowest BCUT2D eigenvalue weighted by molar-refractivity contribution is 0.482. The van der Waals surface area contributed by atoms with Crippen LogP contribution < -0.4 is 4.74 Å². The number of hydrogen-bond acceptors (Lipinski definition) is 1. The van der Waals surface area contributed by atoms with E-state index in [2.05, 4.69) is 0 Å². The third kappa shape index (κ3) is 4.13. The summed E-state index contributed by atoms with van der Waals surface area (Å²) in [5.74, 6) is 0.977. The monoisotopic (exact) mass is 298 g/mol. The van der Waals surface area contributed by atoms with Gasteiger partial charge in [-0.2, -0.15) is 12.7 Å². The fourth-order valence-corrected chi connectivity index (χ4v) is 2.19. The van der Waals surface area contributed by atoms with Crippen LogP contribution in [0.5, 0.6) is 11.5 Å². The van der Waals surface area contributed by atoms with Gasteiger partial charge in [-0.3, -0.25) is 0 Å². The summed E-state index contributed by atoms with van der Waals surface area (Å²) in [7, 11) is -2.48. The number of ether oxygens (including phenoxy) is 1. The van der Waals surface area contributed by atoms with Crippen LogP contribution in [0.2, 0.25) is 0 Å². The van der Waals surface area contributed by atoms with Crippen LogP contribution in [0.1, 0.15) is 11.1 Å². The number of benzene rings is 2. The molecule has 2 rings (SSSR count). The first-order valence-electron chi connectivity index (χ1n) is 5.93. The zero-order valence-corrected chi connectivity index (χ0v) is 11.6. The van der Waals surface area contributed by atoms with Gasteiger partial charge in [0.25, 0.3) is 0 Å². The van der Waals surface area contributed by atoms with Gasteiger partial charge >= 0.3 is 5.37 Å². The molecule has 0 fully saturated rings. The Balaban J connectivity index is 2.05. The maximum Gasteiger partial charge on any atom is 0.324 e. The van der Waals surface area contributed by atoms with Crippen molar-refractivity contribution < 1.29 is 17.4 Å². The maximum atomic E-state index is 12.9. The van der Waals surface area contributed by atoms with Gasteiger partial charge in [0.15, 0.2) is 0 Å². The minimum atomic E-state index is -2.48. The van der Waals surface area contributed by atoms with Gasteiger partial charge in [-0.05, 0) is 36.8 Å². The van der Waals surface area contributed by atoms with Crippen LogP contribution in [0.15, 0.2) is 48.5 Å². The highest BCUT2D eigenvalue weighted by molar-refractivity contribution is 8.10. The molecule has 0 aliphatic heterocycles. The largest absolute Gasteiger partial charge is 0.457 e. The molecule has 0 aromatic heterocycles. The van der Waals surface area contributed by atoms with E-state index in [1.165, 1.54) is 0 Å². The molecule has 20 heavy (non-hydrogen) atoms. The van der Waals surface area contributed by atoms with Crippen molar-refractivity contribution in [3.8, 4) is 11.5 Å². The third-order valence-electron chi connectivity index (χ3n) is 2.64. The lowest BCUT2D eigenvalue weighted by Crippen LogP contribution is -1.87. The second-order valence-electron chi connectivity index (χ2n) is 4.26. The van der Waals surface area contributed by atoms with E-state index in [4.69, 9.17) is 4.74 Å². The van der Waals surface area contributed by atoms with Gasteiger partial charge < -0.3 is 4.74 Å². The molecule has 0 spiro atoms. The van der Waals surface area contributed by atoms with Gasteiger partial charge in [-0.25, -0.2) is 0 Å². The summed E-state index contributed by atoms with van der Waals surface area (Å²) >= 11 is 0. The molecule has 106 valence electrons. The van der Waals surface area contributed by atoms with Crippen LogP contribution >= 0.6 is 10.9 Å². The van der Waals surface area contributed by atoms with Gasteiger partial charge in [-0.15, -0.1) is 0 Å². The van der Waals surface area contributed by atoms with Crippen LogP contribution in [-0.4, -0.2) is 5.37 Å².